The van der Waals surface area contributed by atoms with Gasteiger partial charge in [0.2, 0.25) is 0 Å². The molecule has 0 aliphatic heterocycles. The number of nitrogens with two attached hydrogens (primary N) is 1. The molecule has 0 radical (unpaired) electrons. The minimum absolute atomic E-state index is 0.0903. The lowest BCUT2D eigenvalue weighted by atomic mass is 10.0. The van der Waals surface area contributed by atoms with E-state index >= 15 is 0 Å². The quantitative estimate of drug-likeness (QED) is 0.503. The summed E-state index contributed by atoms with van der Waals surface area (Å²) >= 11 is 3.30. The zero-order chi connectivity index (χ0) is 11.3. The molecule has 15 heavy (non-hydrogen) atoms. The highest BCUT2D eigenvalue weighted by atomic mass is 79.9. The van der Waals surface area contributed by atoms with E-state index in [2.05, 4.69) is 33.2 Å². The maximum absolute atomic E-state index is 12.9. The second-order valence-corrected chi connectivity index (χ2v) is 3.87. The summed E-state index contributed by atoms with van der Waals surface area (Å²) in [7, 11) is 0. The van der Waals surface area contributed by atoms with E-state index < -0.39 is 0 Å². The molecule has 3 N–H and O–H groups in total. The largest absolute Gasteiger partial charge is 0.271 e. The van der Waals surface area contributed by atoms with Gasteiger partial charge in [-0.25, -0.2) is 4.39 Å². The first kappa shape index (κ1) is 12.2. The van der Waals surface area contributed by atoms with Crippen LogP contribution in [-0.4, -0.2) is 0 Å². The van der Waals surface area contributed by atoms with Gasteiger partial charge in [-0.1, -0.05) is 22.0 Å². The van der Waals surface area contributed by atoms with Crippen LogP contribution < -0.4 is 11.3 Å². The third-order valence-electron chi connectivity index (χ3n) is 2.02. The van der Waals surface area contributed by atoms with Crippen LogP contribution in [0, 0.1) is 17.7 Å². The average Bonchev–Trinajstić information content (AvgIpc) is 2.21. The topological polar surface area (TPSA) is 38.0 Å². The minimum Gasteiger partial charge on any atom is -0.271 e. The molecule has 1 unspecified atom stereocenters. The predicted molar refractivity (Wildman–Crippen MR) is 62.2 cm³/mol. The fourth-order valence-electron chi connectivity index (χ4n) is 1.25. The van der Waals surface area contributed by atoms with Gasteiger partial charge in [0.05, 0.1) is 6.04 Å². The molecular weight excluding hydrogens is 259 g/mol. The first-order chi connectivity index (χ1) is 7.19. The molecule has 0 aromatic heterocycles. The van der Waals surface area contributed by atoms with E-state index in [4.69, 9.17) is 5.84 Å². The molecule has 0 saturated heterocycles. The number of benzene rings is 1. The first-order valence-corrected chi connectivity index (χ1v) is 5.29. The van der Waals surface area contributed by atoms with Gasteiger partial charge in [0.1, 0.15) is 5.82 Å². The Morgan fingerprint density at radius 1 is 1.60 bits per heavy atom. The van der Waals surface area contributed by atoms with Crippen molar-refractivity contribution in [3.8, 4) is 11.8 Å². The van der Waals surface area contributed by atoms with Crippen LogP contribution in [0.1, 0.15) is 24.9 Å². The molecule has 1 aromatic rings. The highest BCUT2D eigenvalue weighted by molar-refractivity contribution is 9.10. The Morgan fingerprint density at radius 2 is 2.33 bits per heavy atom. The molecule has 0 saturated carbocycles. The molecule has 1 aromatic carbocycles. The molecule has 2 nitrogen and oxygen atoms in total. The van der Waals surface area contributed by atoms with Gasteiger partial charge in [-0.3, -0.25) is 11.3 Å². The van der Waals surface area contributed by atoms with Gasteiger partial charge in [0, 0.05) is 10.9 Å². The third-order valence-corrected chi connectivity index (χ3v) is 2.71. The van der Waals surface area contributed by atoms with Crippen molar-refractivity contribution < 1.29 is 4.39 Å². The van der Waals surface area contributed by atoms with E-state index in [1.807, 2.05) is 0 Å². The Morgan fingerprint density at radius 3 is 2.87 bits per heavy atom. The number of halogens is 2. The number of rotatable bonds is 3. The average molecular weight is 271 g/mol. The molecule has 4 heteroatoms. The second kappa shape index (κ2) is 5.86. The Hall–Kier alpha value is -0.890. The lowest BCUT2D eigenvalue weighted by molar-refractivity contribution is 0.562. The molecule has 0 amide bonds. The highest BCUT2D eigenvalue weighted by Crippen LogP contribution is 2.25. The van der Waals surface area contributed by atoms with Crippen molar-refractivity contribution in [2.45, 2.75) is 19.4 Å². The Labute approximate surface area is 97.1 Å². The Balaban J connectivity index is 2.94. The molecule has 1 atom stereocenters. The lowest BCUT2D eigenvalue weighted by Crippen LogP contribution is -2.28. The first-order valence-electron chi connectivity index (χ1n) is 4.49. The van der Waals surface area contributed by atoms with Crippen molar-refractivity contribution in [3.05, 3.63) is 34.1 Å². The number of hydrazine groups is 1. The van der Waals surface area contributed by atoms with E-state index in [1.54, 1.807) is 13.0 Å². The van der Waals surface area contributed by atoms with Crippen LogP contribution >= 0.6 is 15.9 Å². The normalized spacial score (nSPS) is 11.7. The van der Waals surface area contributed by atoms with Gasteiger partial charge in [-0.2, -0.15) is 0 Å². The number of hydrogen-bond donors (Lipinski definition) is 2. The van der Waals surface area contributed by atoms with Gasteiger partial charge in [-0.05, 0) is 24.6 Å². The summed E-state index contributed by atoms with van der Waals surface area (Å²) < 4.78 is 13.6. The van der Waals surface area contributed by atoms with Gasteiger partial charge in [-0.15, -0.1) is 11.8 Å². The summed E-state index contributed by atoms with van der Waals surface area (Å²) in [6.07, 6.45) is 0.594. The molecule has 0 heterocycles. The van der Waals surface area contributed by atoms with Crippen LogP contribution in [0.3, 0.4) is 0 Å². The van der Waals surface area contributed by atoms with E-state index in [0.717, 1.165) is 5.56 Å². The molecule has 1 rings (SSSR count). The Bertz CT molecular complexity index is 395. The molecule has 0 bridgehead atoms. The Kier molecular flexibility index (Phi) is 4.76. The summed E-state index contributed by atoms with van der Waals surface area (Å²) in [6, 6.07) is 4.43. The maximum Gasteiger partial charge on any atom is 0.124 e. The summed E-state index contributed by atoms with van der Waals surface area (Å²) in [5, 5.41) is 0. The van der Waals surface area contributed by atoms with Crippen molar-refractivity contribution in [1.82, 2.24) is 5.43 Å². The van der Waals surface area contributed by atoms with Gasteiger partial charge in [0.15, 0.2) is 0 Å². The molecule has 0 aliphatic carbocycles. The lowest BCUT2D eigenvalue weighted by Gasteiger charge is -2.15. The fourth-order valence-corrected chi connectivity index (χ4v) is 1.87. The molecule has 0 spiro atoms. The van der Waals surface area contributed by atoms with Crippen LogP contribution in [0.2, 0.25) is 0 Å². The maximum atomic E-state index is 12.9. The minimum atomic E-state index is -0.275. The SMILES string of the molecule is CC#CCC(NN)c1ccc(F)cc1Br. The summed E-state index contributed by atoms with van der Waals surface area (Å²) in [6.45, 7) is 1.77. The summed E-state index contributed by atoms with van der Waals surface area (Å²) in [5.74, 6) is 10.9. The van der Waals surface area contributed by atoms with Crippen LogP contribution in [0.25, 0.3) is 0 Å². The molecule has 0 aliphatic rings. The van der Waals surface area contributed by atoms with Crippen molar-refractivity contribution in [2.24, 2.45) is 5.84 Å². The highest BCUT2D eigenvalue weighted by Gasteiger charge is 2.12. The molecule has 0 fully saturated rings. The standard InChI is InChI=1S/C11H12BrFN2/c1-2-3-4-11(15-14)9-6-5-8(13)7-10(9)12/h5-7,11,15H,4,14H2,1H3. The molecular formula is C11H12BrFN2. The van der Waals surface area contributed by atoms with Crippen molar-refractivity contribution in [3.63, 3.8) is 0 Å². The predicted octanol–water partition coefficient (Wildman–Crippen LogP) is 2.51. The third kappa shape index (κ3) is 3.31. The molecule has 80 valence electrons. The van der Waals surface area contributed by atoms with Gasteiger partial charge < -0.3 is 0 Å². The van der Waals surface area contributed by atoms with Crippen molar-refractivity contribution in [1.29, 1.82) is 0 Å². The van der Waals surface area contributed by atoms with Crippen LogP contribution in [0.4, 0.5) is 4.39 Å². The van der Waals surface area contributed by atoms with Crippen LogP contribution in [0.5, 0.6) is 0 Å². The second-order valence-electron chi connectivity index (χ2n) is 3.02. The smallest absolute Gasteiger partial charge is 0.124 e. The zero-order valence-electron chi connectivity index (χ0n) is 8.35. The van der Waals surface area contributed by atoms with Crippen molar-refractivity contribution >= 4 is 15.9 Å². The number of hydrogen-bond acceptors (Lipinski definition) is 2. The summed E-state index contributed by atoms with van der Waals surface area (Å²) in [5.41, 5.74) is 3.56. The summed E-state index contributed by atoms with van der Waals surface area (Å²) in [4.78, 5) is 0. The zero-order valence-corrected chi connectivity index (χ0v) is 9.94. The van der Waals surface area contributed by atoms with Crippen LogP contribution in [-0.2, 0) is 0 Å². The number of nitrogens with one attached hydrogen (secondary N) is 1. The monoisotopic (exact) mass is 270 g/mol. The van der Waals surface area contributed by atoms with E-state index in [-0.39, 0.29) is 11.9 Å². The van der Waals surface area contributed by atoms with E-state index in [9.17, 15) is 4.39 Å². The van der Waals surface area contributed by atoms with Gasteiger partial charge >= 0.3 is 0 Å². The van der Waals surface area contributed by atoms with E-state index in [1.165, 1.54) is 12.1 Å². The van der Waals surface area contributed by atoms with Crippen molar-refractivity contribution in [2.75, 3.05) is 0 Å². The van der Waals surface area contributed by atoms with Gasteiger partial charge in [0.25, 0.3) is 0 Å². The van der Waals surface area contributed by atoms with Crippen LogP contribution in [0.15, 0.2) is 22.7 Å². The van der Waals surface area contributed by atoms with E-state index in [0.29, 0.717) is 10.9 Å². The fraction of sp³-hybridized carbons (Fsp3) is 0.273.